The SMILES string of the molecule is Cc1nc(C)c(C(=O)N2CCC(N3CC(=O)N(c4ccccc4)C3=O)CC2)s1. The van der Waals surface area contributed by atoms with Crippen LogP contribution in [0.4, 0.5) is 10.5 Å². The Balaban J connectivity index is 1.41. The van der Waals surface area contributed by atoms with Crippen LogP contribution >= 0.6 is 11.3 Å². The molecule has 0 aliphatic carbocycles. The lowest BCUT2D eigenvalue weighted by Gasteiger charge is -2.36. The number of carbonyl (C=O) groups is 3. The Labute approximate surface area is 167 Å². The third-order valence-corrected chi connectivity index (χ3v) is 6.36. The van der Waals surface area contributed by atoms with Gasteiger partial charge in [0, 0.05) is 19.1 Å². The van der Waals surface area contributed by atoms with E-state index in [-0.39, 0.29) is 30.4 Å². The minimum Gasteiger partial charge on any atom is -0.338 e. The summed E-state index contributed by atoms with van der Waals surface area (Å²) in [4.78, 5) is 47.8. The maximum Gasteiger partial charge on any atom is 0.332 e. The Morgan fingerprint density at radius 2 is 1.79 bits per heavy atom. The molecule has 0 radical (unpaired) electrons. The average molecular weight is 398 g/mol. The second-order valence-corrected chi connectivity index (χ2v) is 8.35. The van der Waals surface area contributed by atoms with Crippen molar-refractivity contribution in [1.29, 1.82) is 0 Å². The van der Waals surface area contributed by atoms with Gasteiger partial charge in [-0.25, -0.2) is 14.7 Å². The molecule has 2 fully saturated rings. The van der Waals surface area contributed by atoms with E-state index in [1.54, 1.807) is 17.0 Å². The van der Waals surface area contributed by atoms with Crippen molar-refractivity contribution in [2.45, 2.75) is 32.7 Å². The Kier molecular flexibility index (Phi) is 4.89. The first-order chi connectivity index (χ1) is 13.5. The summed E-state index contributed by atoms with van der Waals surface area (Å²) in [7, 11) is 0. The molecular formula is C20H22N4O3S. The van der Waals surface area contributed by atoms with E-state index in [4.69, 9.17) is 0 Å². The molecule has 2 aliphatic rings. The first kappa shape index (κ1) is 18.6. The molecule has 0 bridgehead atoms. The van der Waals surface area contributed by atoms with Gasteiger partial charge in [-0.3, -0.25) is 9.59 Å². The number of hydrogen-bond acceptors (Lipinski definition) is 5. The van der Waals surface area contributed by atoms with Gasteiger partial charge in [0.2, 0.25) is 0 Å². The number of anilines is 1. The number of urea groups is 1. The number of thiazole rings is 1. The highest BCUT2D eigenvalue weighted by atomic mass is 32.1. The zero-order valence-corrected chi connectivity index (χ0v) is 16.7. The summed E-state index contributed by atoms with van der Waals surface area (Å²) in [6, 6.07) is 8.71. The van der Waals surface area contributed by atoms with E-state index in [9.17, 15) is 14.4 Å². The lowest BCUT2D eigenvalue weighted by Crippen LogP contribution is -2.48. The third-order valence-electron chi connectivity index (χ3n) is 5.30. The van der Waals surface area contributed by atoms with Crippen molar-refractivity contribution < 1.29 is 14.4 Å². The van der Waals surface area contributed by atoms with Crippen LogP contribution in [0.25, 0.3) is 0 Å². The highest BCUT2D eigenvalue weighted by Gasteiger charge is 2.41. The summed E-state index contributed by atoms with van der Waals surface area (Å²) in [5.74, 6) is -0.193. The Bertz CT molecular complexity index is 919. The van der Waals surface area contributed by atoms with Gasteiger partial charge in [-0.1, -0.05) is 18.2 Å². The van der Waals surface area contributed by atoms with Crippen LogP contribution in [0, 0.1) is 13.8 Å². The molecule has 8 heteroatoms. The van der Waals surface area contributed by atoms with Crippen LogP contribution in [0.5, 0.6) is 0 Å². The number of hydrogen-bond donors (Lipinski definition) is 0. The Morgan fingerprint density at radius 1 is 1.11 bits per heavy atom. The number of aryl methyl sites for hydroxylation is 2. The summed E-state index contributed by atoms with van der Waals surface area (Å²) >= 11 is 1.42. The molecule has 2 saturated heterocycles. The standard InChI is InChI=1S/C20H22N4O3S/c1-13-18(28-14(2)21-13)19(26)22-10-8-15(9-11-22)23-12-17(25)24(20(23)27)16-6-4-3-5-7-16/h3-7,15H,8-12H2,1-2H3. The zero-order valence-electron chi connectivity index (χ0n) is 15.9. The molecule has 1 aromatic carbocycles. The first-order valence-corrected chi connectivity index (χ1v) is 10.2. The maximum atomic E-state index is 12.8. The summed E-state index contributed by atoms with van der Waals surface area (Å²) in [6.07, 6.45) is 1.34. The van der Waals surface area contributed by atoms with Crippen LogP contribution in [0.2, 0.25) is 0 Å². The normalized spacial score (nSPS) is 18.3. The van der Waals surface area contributed by atoms with Crippen LogP contribution in [-0.2, 0) is 4.79 Å². The molecule has 0 saturated carbocycles. The van der Waals surface area contributed by atoms with E-state index in [0.29, 0.717) is 36.5 Å². The van der Waals surface area contributed by atoms with Crippen molar-refractivity contribution >= 4 is 34.9 Å². The molecule has 1 aromatic heterocycles. The molecule has 28 heavy (non-hydrogen) atoms. The molecule has 3 heterocycles. The monoisotopic (exact) mass is 398 g/mol. The number of benzene rings is 1. The van der Waals surface area contributed by atoms with Crippen LogP contribution in [0.15, 0.2) is 30.3 Å². The van der Waals surface area contributed by atoms with Gasteiger partial charge in [0.1, 0.15) is 11.4 Å². The van der Waals surface area contributed by atoms with E-state index in [1.807, 2.05) is 36.9 Å². The topological polar surface area (TPSA) is 73.8 Å². The van der Waals surface area contributed by atoms with E-state index >= 15 is 0 Å². The number of amides is 4. The van der Waals surface area contributed by atoms with Gasteiger partial charge in [-0.05, 0) is 38.8 Å². The predicted molar refractivity (Wildman–Crippen MR) is 107 cm³/mol. The summed E-state index contributed by atoms with van der Waals surface area (Å²) < 4.78 is 0. The van der Waals surface area contributed by atoms with Crippen molar-refractivity contribution in [1.82, 2.24) is 14.8 Å². The Hall–Kier alpha value is -2.74. The lowest BCUT2D eigenvalue weighted by molar-refractivity contribution is -0.116. The number of aromatic nitrogens is 1. The fraction of sp³-hybridized carbons (Fsp3) is 0.400. The average Bonchev–Trinajstić information content (AvgIpc) is 3.19. The summed E-state index contributed by atoms with van der Waals surface area (Å²) in [5, 5.41) is 0.887. The number of rotatable bonds is 3. The number of imide groups is 1. The highest BCUT2D eigenvalue weighted by Crippen LogP contribution is 2.27. The molecule has 4 amide bonds. The summed E-state index contributed by atoms with van der Waals surface area (Å²) in [6.45, 7) is 5.00. The zero-order chi connectivity index (χ0) is 19.8. The second kappa shape index (κ2) is 7.35. The van der Waals surface area contributed by atoms with Gasteiger partial charge in [0.05, 0.1) is 16.4 Å². The van der Waals surface area contributed by atoms with E-state index in [0.717, 1.165) is 10.7 Å². The van der Waals surface area contributed by atoms with Crippen LogP contribution in [-0.4, -0.2) is 58.3 Å². The largest absolute Gasteiger partial charge is 0.338 e. The molecule has 2 aromatic rings. The fourth-order valence-electron chi connectivity index (χ4n) is 3.89. The summed E-state index contributed by atoms with van der Waals surface area (Å²) in [5.41, 5.74) is 1.37. The molecule has 4 rings (SSSR count). The van der Waals surface area contributed by atoms with Gasteiger partial charge in [0.15, 0.2) is 0 Å². The molecule has 0 spiro atoms. The fourth-order valence-corrected chi connectivity index (χ4v) is 4.78. The van der Waals surface area contributed by atoms with Crippen LogP contribution in [0.1, 0.15) is 33.2 Å². The number of likely N-dealkylation sites (tertiary alicyclic amines) is 1. The van der Waals surface area contributed by atoms with Gasteiger partial charge in [-0.15, -0.1) is 11.3 Å². The molecule has 2 aliphatic heterocycles. The number of piperidine rings is 1. The molecule has 146 valence electrons. The Morgan fingerprint density at radius 3 is 2.39 bits per heavy atom. The van der Waals surface area contributed by atoms with Gasteiger partial charge in [0.25, 0.3) is 11.8 Å². The minimum atomic E-state index is -0.269. The maximum absolute atomic E-state index is 12.8. The molecular weight excluding hydrogens is 376 g/mol. The third kappa shape index (κ3) is 3.28. The second-order valence-electron chi connectivity index (χ2n) is 7.15. The number of para-hydroxylation sites is 1. The van der Waals surface area contributed by atoms with E-state index in [1.165, 1.54) is 16.2 Å². The number of nitrogens with zero attached hydrogens (tertiary/aromatic N) is 4. The molecule has 7 nitrogen and oxygen atoms in total. The van der Waals surface area contributed by atoms with Crippen molar-refractivity contribution in [2.24, 2.45) is 0 Å². The van der Waals surface area contributed by atoms with Crippen LogP contribution in [0.3, 0.4) is 0 Å². The lowest BCUT2D eigenvalue weighted by atomic mass is 10.0. The van der Waals surface area contributed by atoms with Crippen molar-refractivity contribution in [3.8, 4) is 0 Å². The molecule has 0 atom stereocenters. The minimum absolute atomic E-state index is 0.0105. The van der Waals surface area contributed by atoms with Gasteiger partial charge < -0.3 is 9.80 Å². The first-order valence-electron chi connectivity index (χ1n) is 9.37. The van der Waals surface area contributed by atoms with Crippen molar-refractivity contribution in [3.63, 3.8) is 0 Å². The molecule has 0 unspecified atom stereocenters. The van der Waals surface area contributed by atoms with Crippen molar-refractivity contribution in [3.05, 3.63) is 45.9 Å². The highest BCUT2D eigenvalue weighted by molar-refractivity contribution is 7.13. The van der Waals surface area contributed by atoms with E-state index < -0.39 is 0 Å². The van der Waals surface area contributed by atoms with Crippen LogP contribution < -0.4 is 4.90 Å². The number of carbonyl (C=O) groups excluding carboxylic acids is 3. The molecule has 0 N–H and O–H groups in total. The smallest absolute Gasteiger partial charge is 0.332 e. The quantitative estimate of drug-likeness (QED) is 0.745. The van der Waals surface area contributed by atoms with Gasteiger partial charge in [-0.2, -0.15) is 0 Å². The van der Waals surface area contributed by atoms with Gasteiger partial charge >= 0.3 is 6.03 Å². The van der Waals surface area contributed by atoms with E-state index in [2.05, 4.69) is 4.98 Å². The predicted octanol–water partition coefficient (Wildman–Crippen LogP) is 2.83. The van der Waals surface area contributed by atoms with Crippen molar-refractivity contribution in [2.75, 3.05) is 24.5 Å².